The van der Waals surface area contributed by atoms with Gasteiger partial charge in [0.05, 0.1) is 6.04 Å². The van der Waals surface area contributed by atoms with Crippen molar-refractivity contribution in [1.29, 1.82) is 0 Å². The van der Waals surface area contributed by atoms with Crippen molar-refractivity contribution in [1.82, 2.24) is 15.5 Å². The number of carboxylic acid groups (broad SMARTS) is 1. The van der Waals surface area contributed by atoms with Gasteiger partial charge in [0.1, 0.15) is 5.70 Å². The summed E-state index contributed by atoms with van der Waals surface area (Å²) in [4.78, 5) is 25.9. The van der Waals surface area contributed by atoms with Crippen molar-refractivity contribution >= 4 is 23.6 Å². The van der Waals surface area contributed by atoms with Crippen LogP contribution < -0.4 is 10.6 Å². The maximum Gasteiger partial charge on any atom is 0.353 e. The van der Waals surface area contributed by atoms with Gasteiger partial charge in [0, 0.05) is 35.1 Å². The molecule has 3 N–H and O–H groups in total. The fraction of sp³-hybridized carbons (Fsp3) is 0.750. The molecule has 4 heterocycles. The predicted molar refractivity (Wildman–Crippen MR) is 87.8 cm³/mol. The highest BCUT2D eigenvalue weighted by molar-refractivity contribution is 8.03. The highest BCUT2D eigenvalue weighted by Gasteiger charge is 2.52. The Morgan fingerprint density at radius 1 is 1.39 bits per heavy atom. The second-order valence-electron chi connectivity index (χ2n) is 7.09. The van der Waals surface area contributed by atoms with Crippen LogP contribution in [0, 0.1) is 11.8 Å². The lowest BCUT2D eigenvalue weighted by Gasteiger charge is -2.37. The SMILES string of the molecule is CC1C(SC2CN[C@H](C3CCNC3)C2)=C(C(=O)O)N2C(=O)CC12. The minimum atomic E-state index is -0.961. The first-order valence-electron chi connectivity index (χ1n) is 8.46. The second kappa shape index (κ2) is 5.79. The van der Waals surface area contributed by atoms with Gasteiger partial charge in [0.25, 0.3) is 0 Å². The molecule has 23 heavy (non-hydrogen) atoms. The Morgan fingerprint density at radius 3 is 2.87 bits per heavy atom. The quantitative estimate of drug-likeness (QED) is 0.652. The first-order valence-corrected chi connectivity index (χ1v) is 9.34. The van der Waals surface area contributed by atoms with Crippen molar-refractivity contribution in [2.24, 2.45) is 11.8 Å². The van der Waals surface area contributed by atoms with Crippen LogP contribution in [0.15, 0.2) is 10.6 Å². The Morgan fingerprint density at radius 2 is 2.22 bits per heavy atom. The Balaban J connectivity index is 1.48. The Labute approximate surface area is 140 Å². The van der Waals surface area contributed by atoms with Gasteiger partial charge < -0.3 is 20.6 Å². The number of fused-ring (bicyclic) bond motifs is 1. The fourth-order valence-corrected chi connectivity index (χ4v) is 5.91. The van der Waals surface area contributed by atoms with Crippen LogP contribution in [-0.4, -0.2) is 58.9 Å². The van der Waals surface area contributed by atoms with Gasteiger partial charge in [0.15, 0.2) is 0 Å². The molecule has 0 aliphatic carbocycles. The van der Waals surface area contributed by atoms with E-state index < -0.39 is 5.97 Å². The van der Waals surface area contributed by atoms with Crippen molar-refractivity contribution in [3.8, 4) is 0 Å². The molecule has 7 heteroatoms. The zero-order chi connectivity index (χ0) is 16.1. The lowest BCUT2D eigenvalue weighted by molar-refractivity contribution is -0.148. The number of nitrogens with zero attached hydrogens (tertiary/aromatic N) is 1. The lowest BCUT2D eigenvalue weighted by Crippen LogP contribution is -2.51. The van der Waals surface area contributed by atoms with E-state index in [9.17, 15) is 14.7 Å². The molecule has 3 fully saturated rings. The maximum absolute atomic E-state index is 11.8. The fourth-order valence-electron chi connectivity index (χ4n) is 4.39. The third-order valence-electron chi connectivity index (χ3n) is 5.74. The minimum Gasteiger partial charge on any atom is -0.477 e. The topological polar surface area (TPSA) is 81.7 Å². The van der Waals surface area contributed by atoms with Crippen LogP contribution in [0.4, 0.5) is 0 Å². The van der Waals surface area contributed by atoms with E-state index in [0.29, 0.717) is 23.6 Å². The first-order chi connectivity index (χ1) is 11.1. The molecule has 5 atom stereocenters. The number of hydrogen-bond donors (Lipinski definition) is 3. The number of aliphatic carboxylic acids is 1. The van der Waals surface area contributed by atoms with Gasteiger partial charge >= 0.3 is 5.97 Å². The van der Waals surface area contributed by atoms with E-state index in [1.807, 2.05) is 0 Å². The Hall–Kier alpha value is -1.05. The van der Waals surface area contributed by atoms with Gasteiger partial charge in [-0.05, 0) is 31.8 Å². The smallest absolute Gasteiger partial charge is 0.353 e. The van der Waals surface area contributed by atoms with Crippen LogP contribution in [0.2, 0.25) is 0 Å². The van der Waals surface area contributed by atoms with Crippen LogP contribution >= 0.6 is 11.8 Å². The molecule has 0 aromatic rings. The number of amides is 1. The monoisotopic (exact) mass is 337 g/mol. The van der Waals surface area contributed by atoms with Gasteiger partial charge in [0.2, 0.25) is 5.91 Å². The molecule has 0 bridgehead atoms. The summed E-state index contributed by atoms with van der Waals surface area (Å²) >= 11 is 1.69. The zero-order valence-corrected chi connectivity index (χ0v) is 14.1. The van der Waals surface area contributed by atoms with Crippen LogP contribution in [0.1, 0.15) is 26.2 Å². The van der Waals surface area contributed by atoms with Crippen molar-refractivity contribution in [3.63, 3.8) is 0 Å². The molecule has 4 rings (SSSR count). The van der Waals surface area contributed by atoms with Crippen molar-refractivity contribution in [2.45, 2.75) is 43.5 Å². The molecule has 0 saturated carbocycles. The minimum absolute atomic E-state index is 0.0469. The van der Waals surface area contributed by atoms with E-state index in [0.717, 1.165) is 31.0 Å². The van der Waals surface area contributed by atoms with Crippen LogP contribution in [0.25, 0.3) is 0 Å². The summed E-state index contributed by atoms with van der Waals surface area (Å²) in [7, 11) is 0. The average Bonchev–Trinajstić information content (AvgIpc) is 3.20. The van der Waals surface area contributed by atoms with E-state index in [-0.39, 0.29) is 23.6 Å². The highest BCUT2D eigenvalue weighted by atomic mass is 32.2. The summed E-state index contributed by atoms with van der Waals surface area (Å²) in [5, 5.41) is 17.0. The predicted octanol–water partition coefficient (Wildman–Crippen LogP) is 0.606. The largest absolute Gasteiger partial charge is 0.477 e. The molecule has 4 aliphatic heterocycles. The van der Waals surface area contributed by atoms with Crippen LogP contribution in [0.3, 0.4) is 0 Å². The van der Waals surface area contributed by atoms with Gasteiger partial charge in [-0.15, -0.1) is 11.8 Å². The molecule has 0 radical (unpaired) electrons. The average molecular weight is 337 g/mol. The number of β-lactam (4-membered cyclic amide) rings is 1. The summed E-state index contributed by atoms with van der Waals surface area (Å²) in [5.74, 6) is -0.168. The van der Waals surface area contributed by atoms with Crippen molar-refractivity contribution in [2.75, 3.05) is 19.6 Å². The number of carbonyl (C=O) groups excluding carboxylic acids is 1. The van der Waals surface area contributed by atoms with E-state index in [2.05, 4.69) is 17.6 Å². The van der Waals surface area contributed by atoms with Crippen molar-refractivity contribution in [3.05, 3.63) is 10.6 Å². The number of carbonyl (C=O) groups is 2. The number of thioether (sulfide) groups is 1. The summed E-state index contributed by atoms with van der Waals surface area (Å²) < 4.78 is 0. The summed E-state index contributed by atoms with van der Waals surface area (Å²) in [5.41, 5.74) is 0.245. The molecule has 0 spiro atoms. The van der Waals surface area contributed by atoms with Gasteiger partial charge in [-0.25, -0.2) is 4.79 Å². The third-order valence-corrected chi connectivity index (χ3v) is 7.25. The molecule has 0 aromatic heterocycles. The van der Waals surface area contributed by atoms with Crippen molar-refractivity contribution < 1.29 is 14.7 Å². The molecule has 1 amide bonds. The molecule has 4 aliphatic rings. The highest BCUT2D eigenvalue weighted by Crippen LogP contribution is 2.49. The molecule has 6 nitrogen and oxygen atoms in total. The molecule has 126 valence electrons. The van der Waals surface area contributed by atoms with Gasteiger partial charge in [-0.3, -0.25) is 4.79 Å². The Bertz CT molecular complexity index is 573. The number of carboxylic acids is 1. The van der Waals surface area contributed by atoms with E-state index in [1.165, 1.54) is 11.3 Å². The molecular formula is C16H23N3O3S. The summed E-state index contributed by atoms with van der Waals surface area (Å²) in [6.07, 6.45) is 2.79. The molecule has 0 aromatic carbocycles. The first kappa shape index (κ1) is 15.5. The second-order valence-corrected chi connectivity index (χ2v) is 8.43. The maximum atomic E-state index is 11.8. The van der Waals surface area contributed by atoms with E-state index in [4.69, 9.17) is 0 Å². The number of rotatable bonds is 4. The van der Waals surface area contributed by atoms with E-state index >= 15 is 0 Å². The molecule has 4 unspecified atom stereocenters. The van der Waals surface area contributed by atoms with Gasteiger partial charge in [-0.1, -0.05) is 6.92 Å². The standard InChI is InChI=1S/C16H23N3O3S/c1-8-12-5-13(20)19(12)14(16(21)22)15(8)23-10-4-11(18-7-10)9-2-3-17-6-9/h8-12,17-18H,2-7H2,1H3,(H,21,22)/t8?,9?,10?,11-,12?/m0/s1. The van der Waals surface area contributed by atoms with Crippen LogP contribution in [0.5, 0.6) is 0 Å². The summed E-state index contributed by atoms with van der Waals surface area (Å²) in [6, 6.07) is 0.604. The summed E-state index contributed by atoms with van der Waals surface area (Å²) in [6.45, 7) is 5.17. The normalized spacial score (nSPS) is 39.8. The number of hydrogen-bond acceptors (Lipinski definition) is 5. The zero-order valence-electron chi connectivity index (χ0n) is 13.2. The third kappa shape index (κ3) is 2.49. The van der Waals surface area contributed by atoms with E-state index in [1.54, 1.807) is 11.8 Å². The van der Waals surface area contributed by atoms with Crippen LogP contribution in [-0.2, 0) is 9.59 Å². The number of nitrogens with one attached hydrogen (secondary N) is 2. The Kier molecular flexibility index (Phi) is 3.90. The molecular weight excluding hydrogens is 314 g/mol. The molecule has 3 saturated heterocycles. The lowest BCUT2D eigenvalue weighted by atomic mass is 9.94. The van der Waals surface area contributed by atoms with Gasteiger partial charge in [-0.2, -0.15) is 0 Å².